The third kappa shape index (κ3) is 4.72. The molecule has 0 aromatic carbocycles. The average molecular weight is 259 g/mol. The van der Waals surface area contributed by atoms with Crippen molar-refractivity contribution in [3.8, 4) is 0 Å². The summed E-state index contributed by atoms with van der Waals surface area (Å²) < 4.78 is 26.2. The van der Waals surface area contributed by atoms with Gasteiger partial charge in [-0.05, 0) is 25.7 Å². The van der Waals surface area contributed by atoms with Crippen LogP contribution in [0.3, 0.4) is 0 Å². The highest BCUT2D eigenvalue weighted by Crippen LogP contribution is 2.27. The van der Waals surface area contributed by atoms with Crippen LogP contribution >= 0.6 is 0 Å². The molecular formula is C13H23F2N3. The molecule has 104 valence electrons. The molecule has 0 aliphatic carbocycles. The van der Waals surface area contributed by atoms with Crippen molar-refractivity contribution in [1.82, 2.24) is 14.9 Å². The summed E-state index contributed by atoms with van der Waals surface area (Å²) in [6.45, 7) is 8.46. The molecule has 0 radical (unpaired) electrons. The Labute approximate surface area is 108 Å². The maximum Gasteiger partial charge on any atom is 0.319 e. The first-order valence-corrected chi connectivity index (χ1v) is 6.16. The zero-order valence-corrected chi connectivity index (χ0v) is 11.8. The van der Waals surface area contributed by atoms with E-state index in [9.17, 15) is 8.78 Å². The Balaban J connectivity index is 2.61. The molecule has 0 bridgehead atoms. The predicted octanol–water partition coefficient (Wildman–Crippen LogP) is 3.58. The fourth-order valence-electron chi connectivity index (χ4n) is 2.37. The Morgan fingerprint density at radius 1 is 1.28 bits per heavy atom. The fourth-order valence-corrected chi connectivity index (χ4v) is 2.37. The van der Waals surface area contributed by atoms with E-state index in [2.05, 4.69) is 44.9 Å². The largest absolute Gasteiger partial charge is 0.319 e. The molecule has 18 heavy (non-hydrogen) atoms. The Hall–Kier alpha value is -0.970. The number of alkyl halides is 2. The van der Waals surface area contributed by atoms with Crippen LogP contribution in [0.5, 0.6) is 0 Å². The number of hydrogen-bond acceptors (Lipinski definition) is 2. The van der Waals surface area contributed by atoms with Gasteiger partial charge in [-0.3, -0.25) is 4.57 Å². The van der Waals surface area contributed by atoms with Crippen molar-refractivity contribution in [3.05, 3.63) is 18.2 Å². The maximum atomic E-state index is 12.6. The topological polar surface area (TPSA) is 29.9 Å². The van der Waals surface area contributed by atoms with Gasteiger partial charge in [-0.2, -0.15) is 8.78 Å². The van der Waals surface area contributed by atoms with Gasteiger partial charge in [-0.25, -0.2) is 4.98 Å². The lowest BCUT2D eigenvalue weighted by atomic mass is 9.82. The van der Waals surface area contributed by atoms with E-state index in [4.69, 9.17) is 0 Å². The summed E-state index contributed by atoms with van der Waals surface area (Å²) in [5.41, 5.74) is 0.0752. The first-order valence-electron chi connectivity index (χ1n) is 6.16. The molecule has 1 aromatic rings. The van der Waals surface area contributed by atoms with Crippen molar-refractivity contribution in [3.63, 3.8) is 0 Å². The van der Waals surface area contributed by atoms with Crippen LogP contribution in [-0.4, -0.2) is 15.1 Å². The van der Waals surface area contributed by atoms with E-state index in [1.54, 1.807) is 0 Å². The van der Waals surface area contributed by atoms with E-state index in [1.807, 2.05) is 0 Å². The van der Waals surface area contributed by atoms with E-state index >= 15 is 0 Å². The lowest BCUT2D eigenvalue weighted by molar-refractivity contribution is 0.0659. The smallest absolute Gasteiger partial charge is 0.305 e. The van der Waals surface area contributed by atoms with Gasteiger partial charge < -0.3 is 5.32 Å². The van der Waals surface area contributed by atoms with Crippen molar-refractivity contribution in [1.29, 1.82) is 0 Å². The minimum atomic E-state index is -2.53. The van der Waals surface area contributed by atoms with Crippen molar-refractivity contribution in [2.24, 2.45) is 5.41 Å². The van der Waals surface area contributed by atoms with Crippen LogP contribution in [0.4, 0.5) is 8.78 Å². The second kappa shape index (κ2) is 5.34. The van der Waals surface area contributed by atoms with Crippen LogP contribution < -0.4 is 5.32 Å². The van der Waals surface area contributed by atoms with Crippen LogP contribution in [0, 0.1) is 5.41 Å². The number of halogens is 2. The number of rotatable bonds is 5. The van der Waals surface area contributed by atoms with Crippen LogP contribution in [0.15, 0.2) is 12.4 Å². The highest BCUT2D eigenvalue weighted by atomic mass is 19.3. The average Bonchev–Trinajstić information content (AvgIpc) is 2.58. The van der Waals surface area contributed by atoms with Gasteiger partial charge in [0.25, 0.3) is 0 Å². The van der Waals surface area contributed by atoms with Gasteiger partial charge in [0.05, 0.1) is 6.54 Å². The minimum absolute atomic E-state index is 0.114. The van der Waals surface area contributed by atoms with Crippen molar-refractivity contribution < 1.29 is 8.78 Å². The van der Waals surface area contributed by atoms with Gasteiger partial charge >= 0.3 is 6.55 Å². The minimum Gasteiger partial charge on any atom is -0.305 e. The normalized spacial score (nSPS) is 13.3. The van der Waals surface area contributed by atoms with Crippen molar-refractivity contribution in [2.75, 3.05) is 0 Å². The summed E-state index contributed by atoms with van der Waals surface area (Å²) >= 11 is 0. The number of hydrogen-bond donors (Lipinski definition) is 1. The van der Waals surface area contributed by atoms with E-state index < -0.39 is 6.55 Å². The molecule has 0 aliphatic heterocycles. The standard InChI is InChI=1S/C13H23F2N3/c1-12(2,3)9-13(4,5)17-8-10-16-6-7-18(10)11(14)15/h6-7,11,17H,8-9H2,1-5H3. The second-order valence-electron chi connectivity index (χ2n) is 6.50. The SMILES string of the molecule is CC(C)(C)CC(C)(C)NCc1nccn1C(F)F. The van der Waals surface area contributed by atoms with Crippen LogP contribution in [0.2, 0.25) is 0 Å². The molecule has 1 aromatic heterocycles. The number of aromatic nitrogens is 2. The van der Waals surface area contributed by atoms with Crippen molar-refractivity contribution in [2.45, 2.75) is 59.7 Å². The lowest BCUT2D eigenvalue weighted by Crippen LogP contribution is -2.42. The number of nitrogens with zero attached hydrogens (tertiary/aromatic N) is 2. The number of nitrogens with one attached hydrogen (secondary N) is 1. The first kappa shape index (κ1) is 15.1. The first-order chi connectivity index (χ1) is 8.11. The quantitative estimate of drug-likeness (QED) is 0.876. The van der Waals surface area contributed by atoms with E-state index in [1.165, 1.54) is 12.4 Å². The highest BCUT2D eigenvalue weighted by Gasteiger charge is 2.25. The van der Waals surface area contributed by atoms with E-state index in [0.29, 0.717) is 12.4 Å². The molecule has 1 N–H and O–H groups in total. The van der Waals surface area contributed by atoms with Gasteiger partial charge in [0.1, 0.15) is 5.82 Å². The van der Waals surface area contributed by atoms with Gasteiger partial charge in [0, 0.05) is 17.9 Å². The monoisotopic (exact) mass is 259 g/mol. The van der Waals surface area contributed by atoms with E-state index in [0.717, 1.165) is 11.0 Å². The molecule has 0 fully saturated rings. The van der Waals surface area contributed by atoms with Crippen LogP contribution in [0.25, 0.3) is 0 Å². The summed E-state index contributed by atoms with van der Waals surface area (Å²) in [7, 11) is 0. The molecule has 0 atom stereocenters. The fraction of sp³-hybridized carbons (Fsp3) is 0.769. The molecular weight excluding hydrogens is 236 g/mol. The van der Waals surface area contributed by atoms with Crippen LogP contribution in [0.1, 0.15) is 53.4 Å². The summed E-state index contributed by atoms with van der Waals surface area (Å²) in [6.07, 6.45) is 3.66. The van der Waals surface area contributed by atoms with Crippen molar-refractivity contribution >= 4 is 0 Å². The summed E-state index contributed by atoms with van der Waals surface area (Å²) in [6, 6.07) is 0. The molecule has 0 saturated carbocycles. The Kier molecular flexibility index (Phi) is 4.48. The van der Waals surface area contributed by atoms with Gasteiger partial charge in [0.2, 0.25) is 0 Å². The zero-order valence-electron chi connectivity index (χ0n) is 11.8. The summed E-state index contributed by atoms with van der Waals surface area (Å²) in [5, 5.41) is 3.30. The molecule has 0 saturated heterocycles. The molecule has 1 rings (SSSR count). The molecule has 3 nitrogen and oxygen atoms in total. The Morgan fingerprint density at radius 2 is 1.89 bits per heavy atom. The predicted molar refractivity (Wildman–Crippen MR) is 68.5 cm³/mol. The van der Waals surface area contributed by atoms with Crippen LogP contribution in [-0.2, 0) is 6.54 Å². The second-order valence-corrected chi connectivity index (χ2v) is 6.50. The summed E-state index contributed by atoms with van der Waals surface area (Å²) in [4.78, 5) is 3.96. The Morgan fingerprint density at radius 3 is 2.39 bits per heavy atom. The molecule has 0 amide bonds. The van der Waals surface area contributed by atoms with Gasteiger partial charge in [0.15, 0.2) is 0 Å². The van der Waals surface area contributed by atoms with E-state index in [-0.39, 0.29) is 11.0 Å². The number of imidazole rings is 1. The van der Waals surface area contributed by atoms with Gasteiger partial charge in [-0.1, -0.05) is 20.8 Å². The maximum absolute atomic E-state index is 12.6. The molecule has 1 heterocycles. The molecule has 0 aliphatic rings. The third-order valence-electron chi connectivity index (χ3n) is 2.66. The highest BCUT2D eigenvalue weighted by molar-refractivity contribution is 4.94. The molecule has 5 heteroatoms. The lowest BCUT2D eigenvalue weighted by Gasteiger charge is -2.33. The zero-order chi connectivity index (χ0) is 14.0. The summed E-state index contributed by atoms with van der Waals surface area (Å²) in [5.74, 6) is 0.368. The molecule has 0 spiro atoms. The third-order valence-corrected chi connectivity index (χ3v) is 2.66. The Bertz CT molecular complexity index is 378. The molecule has 0 unspecified atom stereocenters. The van der Waals surface area contributed by atoms with Gasteiger partial charge in [-0.15, -0.1) is 0 Å².